The van der Waals surface area contributed by atoms with Crippen LogP contribution < -0.4 is 4.90 Å². The molecule has 0 saturated carbocycles. The van der Waals surface area contributed by atoms with Gasteiger partial charge in [-0.2, -0.15) is 0 Å². The first-order valence-corrected chi connectivity index (χ1v) is 5.52. The van der Waals surface area contributed by atoms with Crippen LogP contribution in [0.3, 0.4) is 0 Å². The van der Waals surface area contributed by atoms with Crippen LogP contribution in [0.5, 0.6) is 0 Å². The van der Waals surface area contributed by atoms with Crippen LogP contribution in [0.25, 0.3) is 0 Å². The van der Waals surface area contributed by atoms with Gasteiger partial charge in [0, 0.05) is 13.2 Å². The number of aliphatic hydroxyl groups is 1. The largest absolute Gasteiger partial charge is 0.396 e. The van der Waals surface area contributed by atoms with Crippen molar-refractivity contribution >= 4 is 5.69 Å². The summed E-state index contributed by atoms with van der Waals surface area (Å²) in [7, 11) is 0. The average Bonchev–Trinajstić information content (AvgIpc) is 2.31. The summed E-state index contributed by atoms with van der Waals surface area (Å²) in [4.78, 5) is 1.98. The number of nitrogens with zero attached hydrogens (tertiary/aromatic N) is 1. The van der Waals surface area contributed by atoms with Crippen molar-refractivity contribution in [2.24, 2.45) is 0 Å². The molecule has 1 saturated heterocycles. The van der Waals surface area contributed by atoms with Gasteiger partial charge in [0.25, 0.3) is 0 Å². The molecule has 2 rings (SSSR count). The molecule has 4 heteroatoms. The third kappa shape index (κ3) is 2.33. The number of anilines is 1. The summed E-state index contributed by atoms with van der Waals surface area (Å²) >= 11 is 0. The topological polar surface area (TPSA) is 32.7 Å². The molecule has 1 aromatic carbocycles. The first-order valence-electron chi connectivity index (χ1n) is 5.52. The molecule has 1 heterocycles. The van der Waals surface area contributed by atoms with Gasteiger partial charge in [-0.1, -0.05) is 12.1 Å². The van der Waals surface area contributed by atoms with Gasteiger partial charge in [-0.15, -0.1) is 0 Å². The van der Waals surface area contributed by atoms with Crippen LogP contribution in [0.1, 0.15) is 6.42 Å². The number of hydrogen-bond acceptors (Lipinski definition) is 3. The molecule has 16 heavy (non-hydrogen) atoms. The molecule has 1 aliphatic rings. The molecular weight excluding hydrogens is 209 g/mol. The molecule has 0 aliphatic carbocycles. The Morgan fingerprint density at radius 1 is 1.44 bits per heavy atom. The predicted octanol–water partition coefficient (Wildman–Crippen LogP) is 1.41. The van der Waals surface area contributed by atoms with Crippen molar-refractivity contribution in [3.8, 4) is 0 Å². The Balaban J connectivity index is 2.19. The summed E-state index contributed by atoms with van der Waals surface area (Å²) in [5, 5.41) is 8.98. The van der Waals surface area contributed by atoms with Crippen LogP contribution in [0.15, 0.2) is 24.3 Å². The van der Waals surface area contributed by atoms with Crippen LogP contribution in [-0.2, 0) is 4.74 Å². The van der Waals surface area contributed by atoms with Gasteiger partial charge in [-0.05, 0) is 18.6 Å². The predicted molar refractivity (Wildman–Crippen MR) is 60.1 cm³/mol. The second kappa shape index (κ2) is 5.27. The minimum atomic E-state index is -0.215. The zero-order valence-corrected chi connectivity index (χ0v) is 9.10. The molecule has 0 bridgehead atoms. The standard InChI is InChI=1S/C12H16FNO2/c13-11-3-1-2-4-12(11)14-6-8-16-9-10(14)5-7-15/h1-4,10,15H,5-9H2. The lowest BCUT2D eigenvalue weighted by Crippen LogP contribution is -2.46. The van der Waals surface area contributed by atoms with Gasteiger partial charge in [0.2, 0.25) is 0 Å². The highest BCUT2D eigenvalue weighted by Crippen LogP contribution is 2.24. The van der Waals surface area contributed by atoms with Gasteiger partial charge in [0.05, 0.1) is 24.9 Å². The average molecular weight is 225 g/mol. The molecule has 1 atom stereocenters. The summed E-state index contributed by atoms with van der Waals surface area (Å²) in [5.41, 5.74) is 0.601. The summed E-state index contributed by atoms with van der Waals surface area (Å²) in [6, 6.07) is 6.80. The van der Waals surface area contributed by atoms with Crippen molar-refractivity contribution < 1.29 is 14.2 Å². The Labute approximate surface area is 94.4 Å². The fraction of sp³-hybridized carbons (Fsp3) is 0.500. The van der Waals surface area contributed by atoms with E-state index in [1.54, 1.807) is 12.1 Å². The molecule has 1 unspecified atom stereocenters. The molecule has 1 aromatic rings. The van der Waals surface area contributed by atoms with E-state index in [-0.39, 0.29) is 18.5 Å². The molecule has 88 valence electrons. The molecule has 0 amide bonds. The van der Waals surface area contributed by atoms with Crippen LogP contribution in [0, 0.1) is 5.82 Å². The lowest BCUT2D eigenvalue weighted by molar-refractivity contribution is 0.0846. The van der Waals surface area contributed by atoms with Gasteiger partial charge >= 0.3 is 0 Å². The van der Waals surface area contributed by atoms with Crippen LogP contribution >= 0.6 is 0 Å². The zero-order valence-electron chi connectivity index (χ0n) is 9.10. The number of aliphatic hydroxyl groups excluding tert-OH is 1. The van der Waals surface area contributed by atoms with Crippen molar-refractivity contribution in [1.82, 2.24) is 0 Å². The molecule has 0 radical (unpaired) electrons. The van der Waals surface area contributed by atoms with E-state index in [1.165, 1.54) is 6.07 Å². The van der Waals surface area contributed by atoms with E-state index >= 15 is 0 Å². The van der Waals surface area contributed by atoms with Gasteiger partial charge in [0.15, 0.2) is 0 Å². The Hall–Kier alpha value is -1.13. The van der Waals surface area contributed by atoms with Crippen LogP contribution in [0.4, 0.5) is 10.1 Å². The SMILES string of the molecule is OCCC1COCCN1c1ccccc1F. The number of para-hydroxylation sites is 1. The van der Waals surface area contributed by atoms with Crippen molar-refractivity contribution in [2.75, 3.05) is 31.3 Å². The Morgan fingerprint density at radius 3 is 3.00 bits per heavy atom. The number of hydrogen-bond donors (Lipinski definition) is 1. The van der Waals surface area contributed by atoms with E-state index < -0.39 is 0 Å². The van der Waals surface area contributed by atoms with E-state index in [4.69, 9.17) is 9.84 Å². The second-order valence-corrected chi connectivity index (χ2v) is 3.89. The monoisotopic (exact) mass is 225 g/mol. The fourth-order valence-electron chi connectivity index (χ4n) is 2.04. The third-order valence-corrected chi connectivity index (χ3v) is 2.85. The van der Waals surface area contributed by atoms with Crippen LogP contribution in [0.2, 0.25) is 0 Å². The number of morpholine rings is 1. The molecule has 0 spiro atoms. The first kappa shape index (κ1) is 11.4. The van der Waals surface area contributed by atoms with Crippen molar-refractivity contribution in [2.45, 2.75) is 12.5 Å². The maximum absolute atomic E-state index is 13.6. The van der Waals surface area contributed by atoms with Crippen LogP contribution in [-0.4, -0.2) is 37.5 Å². The van der Waals surface area contributed by atoms with E-state index in [0.717, 1.165) is 0 Å². The van der Waals surface area contributed by atoms with Crippen molar-refractivity contribution in [3.63, 3.8) is 0 Å². The van der Waals surface area contributed by atoms with Crippen molar-refractivity contribution in [1.29, 1.82) is 0 Å². The van der Waals surface area contributed by atoms with E-state index in [9.17, 15) is 4.39 Å². The minimum absolute atomic E-state index is 0.0654. The third-order valence-electron chi connectivity index (χ3n) is 2.85. The minimum Gasteiger partial charge on any atom is -0.396 e. The lowest BCUT2D eigenvalue weighted by atomic mass is 10.1. The number of rotatable bonds is 3. The highest BCUT2D eigenvalue weighted by Gasteiger charge is 2.24. The Morgan fingerprint density at radius 2 is 2.25 bits per heavy atom. The number of halogens is 1. The maximum atomic E-state index is 13.6. The molecule has 3 nitrogen and oxygen atoms in total. The lowest BCUT2D eigenvalue weighted by Gasteiger charge is -2.37. The van der Waals surface area contributed by atoms with Crippen molar-refractivity contribution in [3.05, 3.63) is 30.1 Å². The number of ether oxygens (including phenoxy) is 1. The summed E-state index contributed by atoms with van der Waals surface area (Å²) in [6.45, 7) is 1.93. The first-order chi connectivity index (χ1) is 7.83. The quantitative estimate of drug-likeness (QED) is 0.844. The van der Waals surface area contributed by atoms with E-state index in [2.05, 4.69) is 0 Å². The van der Waals surface area contributed by atoms with E-state index in [1.807, 2.05) is 11.0 Å². The van der Waals surface area contributed by atoms with Gasteiger partial charge in [-0.25, -0.2) is 4.39 Å². The van der Waals surface area contributed by atoms with Gasteiger partial charge < -0.3 is 14.7 Å². The summed E-state index contributed by atoms with van der Waals surface area (Å²) in [5.74, 6) is -0.215. The molecule has 0 aromatic heterocycles. The van der Waals surface area contributed by atoms with Gasteiger partial charge in [-0.3, -0.25) is 0 Å². The maximum Gasteiger partial charge on any atom is 0.146 e. The molecule has 1 fully saturated rings. The molecule has 1 N–H and O–H groups in total. The normalized spacial score (nSPS) is 21.1. The molecule has 1 aliphatic heterocycles. The second-order valence-electron chi connectivity index (χ2n) is 3.89. The van der Waals surface area contributed by atoms with E-state index in [0.29, 0.717) is 31.9 Å². The highest BCUT2D eigenvalue weighted by atomic mass is 19.1. The zero-order chi connectivity index (χ0) is 11.4. The van der Waals surface area contributed by atoms with Gasteiger partial charge in [0.1, 0.15) is 5.82 Å². The summed E-state index contributed by atoms with van der Waals surface area (Å²) < 4.78 is 19.0. The number of benzene rings is 1. The fourth-order valence-corrected chi connectivity index (χ4v) is 2.04. The Kier molecular flexibility index (Phi) is 3.74. The summed E-state index contributed by atoms with van der Waals surface area (Å²) in [6.07, 6.45) is 0.605. The highest BCUT2D eigenvalue weighted by molar-refractivity contribution is 5.49. The smallest absolute Gasteiger partial charge is 0.146 e. The molecular formula is C12H16FNO2. The Bertz CT molecular complexity index is 344.